The molecule has 0 atom stereocenters. The molecule has 0 saturated heterocycles. The van der Waals surface area contributed by atoms with Crippen molar-refractivity contribution in [3.05, 3.63) is 65.2 Å². The molecule has 0 radical (unpaired) electrons. The molecule has 0 aliphatic carbocycles. The highest BCUT2D eigenvalue weighted by Crippen LogP contribution is 2.29. The molecule has 0 saturated carbocycles. The predicted octanol–water partition coefficient (Wildman–Crippen LogP) is 5.68. The maximum absolute atomic E-state index is 12.4. The average Bonchev–Trinajstić information content (AvgIpc) is 2.49. The van der Waals surface area contributed by atoms with E-state index in [0.717, 1.165) is 29.8 Å². The highest BCUT2D eigenvalue weighted by Gasteiger charge is 2.30. The maximum Gasteiger partial charge on any atom is 0.416 e. The van der Waals surface area contributed by atoms with E-state index in [0.29, 0.717) is 5.69 Å². The van der Waals surface area contributed by atoms with Crippen LogP contribution in [-0.4, -0.2) is 5.91 Å². The molecular weight excluding hydrogens is 303 g/mol. The minimum Gasteiger partial charge on any atom is -0.322 e. The van der Waals surface area contributed by atoms with Crippen LogP contribution in [0, 0.1) is 6.92 Å². The molecule has 0 spiro atoms. The van der Waals surface area contributed by atoms with Crippen molar-refractivity contribution in [2.24, 2.45) is 0 Å². The van der Waals surface area contributed by atoms with Gasteiger partial charge in [-0.25, -0.2) is 0 Å². The van der Waals surface area contributed by atoms with Crippen molar-refractivity contribution in [3.8, 4) is 0 Å². The molecule has 2 nitrogen and oxygen atoms in total. The van der Waals surface area contributed by atoms with Gasteiger partial charge in [-0.15, -0.1) is 0 Å². The number of benzene rings is 2. The van der Waals surface area contributed by atoms with Crippen molar-refractivity contribution in [2.75, 3.05) is 5.32 Å². The molecule has 124 valence electrons. The fourth-order valence-electron chi connectivity index (χ4n) is 1.65. The Balaban J connectivity index is 0.000000816. The monoisotopic (exact) mass is 323 g/mol. The van der Waals surface area contributed by atoms with E-state index in [1.807, 2.05) is 19.1 Å². The van der Waals surface area contributed by atoms with Gasteiger partial charge in [-0.3, -0.25) is 4.79 Å². The van der Waals surface area contributed by atoms with Crippen LogP contribution in [0.3, 0.4) is 0 Å². The summed E-state index contributed by atoms with van der Waals surface area (Å²) in [6.07, 6.45) is -3.15. The summed E-state index contributed by atoms with van der Waals surface area (Å²) in [7, 11) is 0. The number of alkyl halides is 3. The van der Waals surface area contributed by atoms with Crippen LogP contribution >= 0.6 is 0 Å². The predicted molar refractivity (Wildman–Crippen MR) is 86.5 cm³/mol. The zero-order chi connectivity index (χ0) is 17.5. The van der Waals surface area contributed by atoms with Gasteiger partial charge in [0.2, 0.25) is 0 Å². The lowest BCUT2D eigenvalue weighted by Crippen LogP contribution is -2.12. The zero-order valence-corrected chi connectivity index (χ0v) is 13.4. The van der Waals surface area contributed by atoms with Gasteiger partial charge in [-0.2, -0.15) is 13.2 Å². The third kappa shape index (κ3) is 6.14. The van der Waals surface area contributed by atoms with E-state index in [1.54, 1.807) is 12.1 Å². The normalized spacial score (nSPS) is 10.5. The van der Waals surface area contributed by atoms with Gasteiger partial charge in [-0.05, 0) is 43.3 Å². The highest BCUT2D eigenvalue weighted by atomic mass is 19.4. The summed E-state index contributed by atoms with van der Waals surface area (Å²) in [6, 6.07) is 11.2. The van der Waals surface area contributed by atoms with Crippen LogP contribution in [0.4, 0.5) is 18.9 Å². The molecule has 0 heterocycles. The Morgan fingerprint density at radius 2 is 1.43 bits per heavy atom. The van der Waals surface area contributed by atoms with Gasteiger partial charge in [-0.1, -0.05) is 38.0 Å². The van der Waals surface area contributed by atoms with Crippen molar-refractivity contribution < 1.29 is 18.0 Å². The minimum atomic E-state index is -4.40. The van der Waals surface area contributed by atoms with E-state index < -0.39 is 17.6 Å². The Bertz CT molecular complexity index is 616. The van der Waals surface area contributed by atoms with Gasteiger partial charge in [0.05, 0.1) is 5.56 Å². The molecule has 0 aromatic heterocycles. The number of hydrogen-bond acceptors (Lipinski definition) is 1. The molecule has 1 N–H and O–H groups in total. The topological polar surface area (TPSA) is 29.1 Å². The van der Waals surface area contributed by atoms with Crippen LogP contribution in [0.25, 0.3) is 0 Å². The second kappa shape index (κ2) is 8.36. The molecule has 2 aromatic carbocycles. The van der Waals surface area contributed by atoms with Crippen molar-refractivity contribution >= 4 is 11.6 Å². The molecule has 2 aromatic rings. The van der Waals surface area contributed by atoms with Crippen molar-refractivity contribution in [1.29, 1.82) is 0 Å². The summed E-state index contributed by atoms with van der Waals surface area (Å²) in [4.78, 5) is 11.9. The third-order valence-electron chi connectivity index (χ3n) is 2.78. The number of hydrogen-bond donors (Lipinski definition) is 1. The number of aryl methyl sites for hydroxylation is 1. The zero-order valence-electron chi connectivity index (χ0n) is 13.4. The number of anilines is 1. The van der Waals surface area contributed by atoms with Crippen LogP contribution in [0.15, 0.2) is 48.5 Å². The summed E-state index contributed by atoms with van der Waals surface area (Å²) < 4.78 is 37.2. The number of amides is 1. The second-order valence-electron chi connectivity index (χ2n) is 5.10. The maximum atomic E-state index is 12.4. The van der Waals surface area contributed by atoms with Crippen LogP contribution in [0.2, 0.25) is 0 Å². The van der Waals surface area contributed by atoms with E-state index in [1.165, 1.54) is 6.42 Å². The van der Waals surface area contributed by atoms with Gasteiger partial charge in [0.15, 0.2) is 0 Å². The minimum absolute atomic E-state index is 0.179. The lowest BCUT2D eigenvalue weighted by Gasteiger charge is -2.08. The number of carbonyl (C=O) groups is 1. The largest absolute Gasteiger partial charge is 0.416 e. The van der Waals surface area contributed by atoms with Crippen LogP contribution in [0.1, 0.15) is 41.8 Å². The molecule has 0 fully saturated rings. The first-order chi connectivity index (χ1) is 10.8. The van der Waals surface area contributed by atoms with Gasteiger partial charge in [0.25, 0.3) is 5.91 Å². The Kier molecular flexibility index (Phi) is 6.82. The lowest BCUT2D eigenvalue weighted by molar-refractivity contribution is -0.137. The molecule has 0 aliphatic rings. The van der Waals surface area contributed by atoms with Gasteiger partial charge >= 0.3 is 6.18 Å². The smallest absolute Gasteiger partial charge is 0.322 e. The quantitative estimate of drug-likeness (QED) is 0.756. The van der Waals surface area contributed by atoms with Crippen LogP contribution in [0.5, 0.6) is 0 Å². The standard InChI is InChI=1S/C15H12F3NO.C3H8/c1-10-2-8-13(9-3-10)19-14(20)11-4-6-12(7-5-11)15(16,17)18;1-3-2/h2-9H,1H3,(H,19,20);3H2,1-2H3. The summed E-state index contributed by atoms with van der Waals surface area (Å²) in [5, 5.41) is 2.62. The van der Waals surface area contributed by atoms with E-state index in [9.17, 15) is 18.0 Å². The first kappa shape index (κ1) is 18.7. The van der Waals surface area contributed by atoms with Gasteiger partial charge in [0, 0.05) is 11.3 Å². The van der Waals surface area contributed by atoms with Crippen LogP contribution in [-0.2, 0) is 6.18 Å². The molecule has 1 amide bonds. The highest BCUT2D eigenvalue weighted by molar-refractivity contribution is 6.04. The summed E-state index contributed by atoms with van der Waals surface area (Å²) >= 11 is 0. The molecule has 2 rings (SSSR count). The average molecular weight is 323 g/mol. The molecule has 23 heavy (non-hydrogen) atoms. The Morgan fingerprint density at radius 1 is 0.957 bits per heavy atom. The Labute approximate surface area is 134 Å². The summed E-state index contributed by atoms with van der Waals surface area (Å²) in [6.45, 7) is 6.17. The molecule has 5 heteroatoms. The number of nitrogens with one attached hydrogen (secondary N) is 1. The van der Waals surface area contributed by atoms with E-state index >= 15 is 0 Å². The fourth-order valence-corrected chi connectivity index (χ4v) is 1.65. The van der Waals surface area contributed by atoms with E-state index in [4.69, 9.17) is 0 Å². The summed E-state index contributed by atoms with van der Waals surface area (Å²) in [5.74, 6) is -0.442. The number of rotatable bonds is 2. The third-order valence-corrected chi connectivity index (χ3v) is 2.78. The second-order valence-corrected chi connectivity index (χ2v) is 5.10. The van der Waals surface area contributed by atoms with Crippen molar-refractivity contribution in [3.63, 3.8) is 0 Å². The van der Waals surface area contributed by atoms with Gasteiger partial charge < -0.3 is 5.32 Å². The van der Waals surface area contributed by atoms with Gasteiger partial charge in [0.1, 0.15) is 0 Å². The molecule has 0 bridgehead atoms. The molecule has 0 aliphatic heterocycles. The Hall–Kier alpha value is -2.30. The first-order valence-corrected chi connectivity index (χ1v) is 7.33. The SMILES string of the molecule is CCC.Cc1ccc(NC(=O)c2ccc(C(F)(F)F)cc2)cc1. The van der Waals surface area contributed by atoms with E-state index in [-0.39, 0.29) is 5.56 Å². The van der Waals surface area contributed by atoms with E-state index in [2.05, 4.69) is 19.2 Å². The first-order valence-electron chi connectivity index (χ1n) is 7.33. The number of carbonyl (C=O) groups excluding carboxylic acids is 1. The molecule has 0 unspecified atom stereocenters. The summed E-state index contributed by atoms with van der Waals surface area (Å²) in [5.41, 5.74) is 1.06. The van der Waals surface area contributed by atoms with Crippen molar-refractivity contribution in [1.82, 2.24) is 0 Å². The number of halogens is 3. The van der Waals surface area contributed by atoms with Crippen LogP contribution < -0.4 is 5.32 Å². The lowest BCUT2D eigenvalue weighted by atomic mass is 10.1. The Morgan fingerprint density at radius 3 is 1.87 bits per heavy atom. The molecular formula is C18H20F3NO. The van der Waals surface area contributed by atoms with Crippen molar-refractivity contribution in [2.45, 2.75) is 33.4 Å². The fraction of sp³-hybridized carbons (Fsp3) is 0.278.